The van der Waals surface area contributed by atoms with Crippen molar-refractivity contribution in [2.24, 2.45) is 0 Å². The topological polar surface area (TPSA) is 73.2 Å². The monoisotopic (exact) mass is 351 g/mol. The largest absolute Gasteiger partial charge is 0.464 e. The van der Waals surface area contributed by atoms with Gasteiger partial charge in [-0.3, -0.25) is 14.3 Å². The SMILES string of the molecule is O=C(C[C@@H]1Sc2ccc(Cl)cc2NC1=O)OCCn1cccn1. The molecule has 2 heterocycles. The molecular weight excluding hydrogens is 338 g/mol. The van der Waals surface area contributed by atoms with Crippen LogP contribution >= 0.6 is 23.4 Å². The van der Waals surface area contributed by atoms with Crippen LogP contribution in [0.2, 0.25) is 5.02 Å². The summed E-state index contributed by atoms with van der Waals surface area (Å²) < 4.78 is 6.84. The van der Waals surface area contributed by atoms with Crippen molar-refractivity contribution in [1.29, 1.82) is 0 Å². The summed E-state index contributed by atoms with van der Waals surface area (Å²) in [7, 11) is 0. The van der Waals surface area contributed by atoms with Crippen molar-refractivity contribution >= 4 is 40.9 Å². The van der Waals surface area contributed by atoms with Gasteiger partial charge in [0.25, 0.3) is 0 Å². The Morgan fingerprint density at radius 1 is 1.48 bits per heavy atom. The van der Waals surface area contributed by atoms with E-state index in [2.05, 4.69) is 10.4 Å². The van der Waals surface area contributed by atoms with Gasteiger partial charge in [0.1, 0.15) is 6.61 Å². The molecule has 1 aromatic heterocycles. The van der Waals surface area contributed by atoms with Gasteiger partial charge in [-0.15, -0.1) is 11.8 Å². The van der Waals surface area contributed by atoms with Crippen LogP contribution in [0.15, 0.2) is 41.6 Å². The fourth-order valence-electron chi connectivity index (χ4n) is 2.15. The van der Waals surface area contributed by atoms with Crippen molar-refractivity contribution < 1.29 is 14.3 Å². The lowest BCUT2D eigenvalue weighted by Gasteiger charge is -2.23. The highest BCUT2D eigenvalue weighted by Gasteiger charge is 2.29. The van der Waals surface area contributed by atoms with Gasteiger partial charge in [0.2, 0.25) is 5.91 Å². The Bertz CT molecular complexity index is 721. The predicted molar refractivity (Wildman–Crippen MR) is 87.5 cm³/mol. The van der Waals surface area contributed by atoms with Gasteiger partial charge in [0.05, 0.1) is 23.9 Å². The number of rotatable bonds is 5. The number of thioether (sulfide) groups is 1. The molecule has 0 unspecified atom stereocenters. The van der Waals surface area contributed by atoms with E-state index in [4.69, 9.17) is 16.3 Å². The van der Waals surface area contributed by atoms with E-state index in [1.54, 1.807) is 35.3 Å². The molecule has 0 aliphatic carbocycles. The van der Waals surface area contributed by atoms with Crippen molar-refractivity contribution in [3.05, 3.63) is 41.7 Å². The highest BCUT2D eigenvalue weighted by molar-refractivity contribution is 8.01. The Labute approximate surface area is 142 Å². The second-order valence-electron chi connectivity index (χ2n) is 4.93. The Hall–Kier alpha value is -1.99. The second-order valence-corrected chi connectivity index (χ2v) is 6.61. The number of esters is 1. The summed E-state index contributed by atoms with van der Waals surface area (Å²) in [6.45, 7) is 0.718. The third-order valence-corrected chi connectivity index (χ3v) is 4.77. The quantitative estimate of drug-likeness (QED) is 0.838. The first-order valence-electron chi connectivity index (χ1n) is 7.02. The predicted octanol–water partition coefficient (Wildman–Crippen LogP) is 2.58. The molecular formula is C15H14ClN3O3S. The number of fused-ring (bicyclic) bond motifs is 1. The van der Waals surface area contributed by atoms with Gasteiger partial charge in [0, 0.05) is 22.3 Å². The van der Waals surface area contributed by atoms with E-state index in [9.17, 15) is 9.59 Å². The maximum absolute atomic E-state index is 12.1. The molecule has 3 rings (SSSR count). The highest BCUT2D eigenvalue weighted by atomic mass is 35.5. The van der Waals surface area contributed by atoms with E-state index in [-0.39, 0.29) is 18.9 Å². The number of halogens is 1. The van der Waals surface area contributed by atoms with Crippen LogP contribution in [0.1, 0.15) is 6.42 Å². The number of hydrogen-bond acceptors (Lipinski definition) is 5. The zero-order valence-electron chi connectivity index (χ0n) is 12.1. The molecule has 1 aliphatic rings. The number of amides is 1. The van der Waals surface area contributed by atoms with Gasteiger partial charge < -0.3 is 10.1 Å². The number of nitrogens with one attached hydrogen (secondary N) is 1. The van der Waals surface area contributed by atoms with Crippen LogP contribution in [0, 0.1) is 0 Å². The van der Waals surface area contributed by atoms with Crippen LogP contribution in [-0.4, -0.2) is 33.5 Å². The number of benzene rings is 1. The van der Waals surface area contributed by atoms with Crippen LogP contribution in [-0.2, 0) is 20.9 Å². The maximum atomic E-state index is 12.1. The van der Waals surface area contributed by atoms with E-state index < -0.39 is 11.2 Å². The van der Waals surface area contributed by atoms with E-state index in [0.29, 0.717) is 17.3 Å². The molecule has 23 heavy (non-hydrogen) atoms. The zero-order valence-corrected chi connectivity index (χ0v) is 13.6. The average molecular weight is 352 g/mol. The standard InChI is InChI=1S/C15H14ClN3O3S/c16-10-2-3-12-11(8-10)18-15(21)13(23-12)9-14(20)22-7-6-19-5-1-4-17-19/h1-5,8,13H,6-7,9H2,(H,18,21)/t13-/m0/s1. The van der Waals surface area contributed by atoms with Crippen LogP contribution in [0.25, 0.3) is 0 Å². The Morgan fingerprint density at radius 2 is 2.35 bits per heavy atom. The number of carbonyl (C=O) groups excluding carboxylic acids is 2. The van der Waals surface area contributed by atoms with Crippen molar-refractivity contribution in [2.45, 2.75) is 23.1 Å². The van der Waals surface area contributed by atoms with Crippen molar-refractivity contribution in [1.82, 2.24) is 9.78 Å². The summed E-state index contributed by atoms with van der Waals surface area (Å²) in [5, 5.41) is 6.85. The van der Waals surface area contributed by atoms with Crippen molar-refractivity contribution in [3.63, 3.8) is 0 Å². The summed E-state index contributed by atoms with van der Waals surface area (Å²) in [4.78, 5) is 24.8. The van der Waals surface area contributed by atoms with E-state index >= 15 is 0 Å². The summed E-state index contributed by atoms with van der Waals surface area (Å²) in [6.07, 6.45) is 3.48. The van der Waals surface area contributed by atoms with Gasteiger partial charge >= 0.3 is 5.97 Å². The molecule has 1 N–H and O–H groups in total. The normalized spacial score (nSPS) is 16.6. The number of ether oxygens (including phenoxy) is 1. The molecule has 2 aromatic rings. The molecule has 0 saturated carbocycles. The molecule has 8 heteroatoms. The number of aromatic nitrogens is 2. The molecule has 0 spiro atoms. The first-order valence-corrected chi connectivity index (χ1v) is 8.28. The highest BCUT2D eigenvalue weighted by Crippen LogP contribution is 2.38. The molecule has 6 nitrogen and oxygen atoms in total. The van der Waals surface area contributed by atoms with Crippen LogP contribution < -0.4 is 5.32 Å². The first kappa shape index (κ1) is 15.9. The summed E-state index contributed by atoms with van der Waals surface area (Å²) >= 11 is 7.25. The molecule has 0 fully saturated rings. The third kappa shape index (κ3) is 4.05. The van der Waals surface area contributed by atoms with Crippen molar-refractivity contribution in [3.8, 4) is 0 Å². The Morgan fingerprint density at radius 3 is 3.13 bits per heavy atom. The number of carbonyl (C=O) groups is 2. The molecule has 1 amide bonds. The average Bonchev–Trinajstić information content (AvgIpc) is 3.01. The number of hydrogen-bond donors (Lipinski definition) is 1. The van der Waals surface area contributed by atoms with Gasteiger partial charge in [0.15, 0.2) is 0 Å². The molecule has 1 atom stereocenters. The van der Waals surface area contributed by atoms with Crippen LogP contribution in [0.5, 0.6) is 0 Å². The molecule has 1 aliphatic heterocycles. The summed E-state index contributed by atoms with van der Waals surface area (Å²) in [6, 6.07) is 7.08. The van der Waals surface area contributed by atoms with E-state index in [1.165, 1.54) is 11.8 Å². The fourth-order valence-corrected chi connectivity index (χ4v) is 3.40. The van der Waals surface area contributed by atoms with Crippen molar-refractivity contribution in [2.75, 3.05) is 11.9 Å². The van der Waals surface area contributed by atoms with Gasteiger partial charge in [-0.1, -0.05) is 11.6 Å². The minimum atomic E-state index is -0.499. The molecule has 0 bridgehead atoms. The zero-order chi connectivity index (χ0) is 16.2. The first-order chi connectivity index (χ1) is 11.1. The van der Waals surface area contributed by atoms with Gasteiger partial charge in [-0.05, 0) is 24.3 Å². The lowest BCUT2D eigenvalue weighted by molar-refractivity contribution is -0.144. The fraction of sp³-hybridized carbons (Fsp3) is 0.267. The Balaban J connectivity index is 1.52. The van der Waals surface area contributed by atoms with Gasteiger partial charge in [-0.25, -0.2) is 0 Å². The Kier molecular flexibility index (Phi) is 4.88. The molecule has 120 valence electrons. The molecule has 0 radical (unpaired) electrons. The summed E-state index contributed by atoms with van der Waals surface area (Å²) in [5.41, 5.74) is 0.677. The summed E-state index contributed by atoms with van der Waals surface area (Å²) in [5.74, 6) is -0.615. The van der Waals surface area contributed by atoms with Gasteiger partial charge in [-0.2, -0.15) is 5.10 Å². The molecule has 1 aromatic carbocycles. The number of nitrogens with zero attached hydrogens (tertiary/aromatic N) is 2. The second kappa shape index (κ2) is 7.06. The maximum Gasteiger partial charge on any atom is 0.307 e. The van der Waals surface area contributed by atoms with E-state index in [0.717, 1.165) is 4.90 Å². The smallest absolute Gasteiger partial charge is 0.307 e. The minimum Gasteiger partial charge on any atom is -0.464 e. The minimum absolute atomic E-state index is 0.0255. The lowest BCUT2D eigenvalue weighted by Crippen LogP contribution is -2.31. The third-order valence-electron chi connectivity index (χ3n) is 3.26. The van der Waals surface area contributed by atoms with Crippen LogP contribution in [0.3, 0.4) is 0 Å². The number of anilines is 1. The lowest BCUT2D eigenvalue weighted by atomic mass is 10.2. The molecule has 0 saturated heterocycles. The van der Waals surface area contributed by atoms with Crippen LogP contribution in [0.4, 0.5) is 5.69 Å². The van der Waals surface area contributed by atoms with E-state index in [1.807, 2.05) is 6.07 Å².